The molecule has 0 rings (SSSR count). The van der Waals surface area contributed by atoms with Gasteiger partial charge in [0.1, 0.15) is 0 Å². The average molecular weight is 177 g/mol. The molecule has 0 saturated carbocycles. The average Bonchev–Trinajstić information content (AvgIpc) is 0. The summed E-state index contributed by atoms with van der Waals surface area (Å²) in [7, 11) is 0. The van der Waals surface area contributed by atoms with E-state index >= 15 is 0 Å². The Morgan fingerprint density at radius 2 is 1.25 bits per heavy atom. The van der Waals surface area contributed by atoms with Crippen LogP contribution in [0.15, 0.2) is 0 Å². The summed E-state index contributed by atoms with van der Waals surface area (Å²) in [5, 5.41) is 0. The Morgan fingerprint density at radius 1 is 1.25 bits per heavy atom. The zero-order valence-electron chi connectivity index (χ0n) is 3.05. The number of hydrogen-bond donors (Lipinski definition) is 0. The predicted molar refractivity (Wildman–Crippen MR) is 1.11 cm³/mol. The maximum Gasteiger partial charge on any atom is 1.00 e. The van der Waals surface area contributed by atoms with Crippen LogP contribution in [0.2, 0.25) is 0 Å². The Morgan fingerprint density at radius 3 is 1.25 bits per heavy atom. The van der Waals surface area contributed by atoms with Crippen LogP contribution >= 0.6 is 0 Å². The van der Waals surface area contributed by atoms with Crippen molar-refractivity contribution in [2.24, 2.45) is 0 Å². The van der Waals surface area contributed by atoms with E-state index in [9.17, 15) is 0 Å². The second kappa shape index (κ2) is 19.3. The molecule has 0 atom stereocenters. The van der Waals surface area contributed by atoms with E-state index in [4.69, 9.17) is 0 Å². The summed E-state index contributed by atoms with van der Waals surface area (Å²) in [6.07, 6.45) is 0. The van der Waals surface area contributed by atoms with E-state index in [1.807, 2.05) is 0 Å². The molecule has 0 saturated heterocycles. The smallest absolute Gasteiger partial charge is 1.00 e. The molecule has 1 radical (unpaired) electrons. The van der Waals surface area contributed by atoms with Gasteiger partial charge in [-0.2, -0.15) is 0 Å². The molecule has 0 aliphatic rings. The first-order valence-corrected chi connectivity index (χ1v) is 0. The van der Waals surface area contributed by atoms with Gasteiger partial charge in [-0.1, -0.05) is 0 Å². The molecule has 0 heterocycles. The first-order valence-electron chi connectivity index (χ1n) is 0. The van der Waals surface area contributed by atoms with E-state index in [1.54, 1.807) is 0 Å². The minimum Gasteiger partial charge on any atom is -1.00 e. The minimum absolute atomic E-state index is 0. The summed E-state index contributed by atoms with van der Waals surface area (Å²) < 4.78 is 0. The third kappa shape index (κ3) is 8.92. The predicted octanol–water partition coefficient (Wildman–Crippen LogP) is -2.89. The van der Waals surface area contributed by atoms with Crippen molar-refractivity contribution in [3.8, 4) is 0 Å². The van der Waals surface area contributed by atoms with Gasteiger partial charge >= 0.3 is 18.9 Å². The molecule has 27 valence electrons. The van der Waals surface area contributed by atoms with E-state index in [2.05, 4.69) is 0 Å². The molecule has 0 aliphatic heterocycles. The van der Waals surface area contributed by atoms with Gasteiger partial charge in [0, 0.05) is 50.6 Å². The molecule has 0 spiro atoms. The Labute approximate surface area is 70.4 Å². The maximum absolute atomic E-state index is 0. The molecule has 0 nitrogen and oxygen atoms in total. The van der Waals surface area contributed by atoms with E-state index < -0.39 is 0 Å². The van der Waals surface area contributed by atoms with Crippen molar-refractivity contribution in [2.45, 2.75) is 0 Å². The molecule has 0 N–H and O–H groups in total. The Balaban J connectivity index is 0. The summed E-state index contributed by atoms with van der Waals surface area (Å²) in [6.45, 7) is 0. The van der Waals surface area contributed by atoms with Crippen molar-refractivity contribution in [1.29, 1.82) is 0 Å². The molecule has 0 unspecified atom stereocenters. The standard InChI is InChI=1S/Fe.Li.Mn.Ni.H/q;+1;;;-1. The first kappa shape index (κ1) is 35.6. The Kier molecular flexibility index (Phi) is 171. The SMILES string of the molecule is [Fe].[H-].[Li+].[Mn].[Ni]. The van der Waals surface area contributed by atoms with Crippen molar-refractivity contribution >= 4 is 0 Å². The van der Waals surface area contributed by atoms with Crippen molar-refractivity contribution < 1.29 is 70.9 Å². The van der Waals surface area contributed by atoms with Crippen LogP contribution in [0.3, 0.4) is 0 Å². The van der Waals surface area contributed by atoms with Gasteiger partial charge in [-0.25, -0.2) is 0 Å². The van der Waals surface area contributed by atoms with Crippen LogP contribution in [0.5, 0.6) is 0 Å². The fourth-order valence-corrected chi connectivity index (χ4v) is 0. The Hall–Kier alpha value is 2.13. The maximum atomic E-state index is 0. The normalized spacial score (nSPS) is 0. The van der Waals surface area contributed by atoms with E-state index in [1.165, 1.54) is 0 Å². The second-order valence-corrected chi connectivity index (χ2v) is 0. The van der Waals surface area contributed by atoms with Gasteiger partial charge in [-0.05, 0) is 0 Å². The van der Waals surface area contributed by atoms with Crippen molar-refractivity contribution in [3.63, 3.8) is 0 Å². The van der Waals surface area contributed by atoms with E-state index in [0.717, 1.165) is 0 Å². The zero-order chi connectivity index (χ0) is 0. The number of hydrogen-bond acceptors (Lipinski definition) is 0. The molecule has 0 fully saturated rings. The largest absolute Gasteiger partial charge is 1.00 e. The fourth-order valence-electron chi connectivity index (χ4n) is 0. The van der Waals surface area contributed by atoms with Crippen molar-refractivity contribution in [3.05, 3.63) is 0 Å². The first-order chi connectivity index (χ1) is 0. The van der Waals surface area contributed by atoms with Gasteiger partial charge < -0.3 is 1.43 Å². The van der Waals surface area contributed by atoms with Crippen LogP contribution in [-0.4, -0.2) is 0 Å². The topological polar surface area (TPSA) is 0 Å². The van der Waals surface area contributed by atoms with Gasteiger partial charge in [0.15, 0.2) is 0 Å². The summed E-state index contributed by atoms with van der Waals surface area (Å²) in [5.74, 6) is 0. The second-order valence-electron chi connectivity index (χ2n) is 0. The summed E-state index contributed by atoms with van der Waals surface area (Å²) in [5.41, 5.74) is 0. The summed E-state index contributed by atoms with van der Waals surface area (Å²) >= 11 is 0. The van der Waals surface area contributed by atoms with Gasteiger partial charge in [-0.15, -0.1) is 0 Å². The third-order valence-corrected chi connectivity index (χ3v) is 0. The van der Waals surface area contributed by atoms with Crippen LogP contribution in [0.25, 0.3) is 0 Å². The monoisotopic (exact) mass is 177 g/mol. The molecule has 0 amide bonds. The Bertz CT molecular complexity index is 11.6. The van der Waals surface area contributed by atoms with Crippen LogP contribution < -0.4 is 18.9 Å². The van der Waals surface area contributed by atoms with Crippen LogP contribution in [0.4, 0.5) is 0 Å². The molecular formula is HFeLiMnNi. The molecule has 4 heteroatoms. The molecule has 4 heavy (non-hydrogen) atoms. The molecular weight excluding hydrogens is 176 g/mol. The zero-order valence-corrected chi connectivity index (χ0v) is 5.32. The van der Waals surface area contributed by atoms with Crippen molar-refractivity contribution in [2.75, 3.05) is 0 Å². The van der Waals surface area contributed by atoms with Crippen molar-refractivity contribution in [1.82, 2.24) is 0 Å². The van der Waals surface area contributed by atoms with Crippen LogP contribution in [0.1, 0.15) is 1.43 Å². The summed E-state index contributed by atoms with van der Waals surface area (Å²) in [4.78, 5) is 0. The molecule has 0 aliphatic carbocycles. The minimum atomic E-state index is 0. The van der Waals surface area contributed by atoms with E-state index in [-0.39, 0.29) is 70.9 Å². The molecule has 0 aromatic carbocycles. The number of rotatable bonds is 0. The van der Waals surface area contributed by atoms with Gasteiger partial charge in [-0.3, -0.25) is 0 Å². The third-order valence-electron chi connectivity index (χ3n) is 0. The quantitative estimate of drug-likeness (QED) is 0.349. The van der Waals surface area contributed by atoms with Crippen LogP contribution in [0, 0.1) is 0 Å². The fraction of sp³-hybridized carbons (Fsp3) is 0. The molecule has 0 aromatic heterocycles. The van der Waals surface area contributed by atoms with Gasteiger partial charge in [0.05, 0.1) is 0 Å². The van der Waals surface area contributed by atoms with E-state index in [0.29, 0.717) is 0 Å². The summed E-state index contributed by atoms with van der Waals surface area (Å²) in [6, 6.07) is 0. The van der Waals surface area contributed by atoms with Gasteiger partial charge in [0.25, 0.3) is 0 Å². The molecule has 0 bridgehead atoms. The molecule has 0 aromatic rings. The van der Waals surface area contributed by atoms with Gasteiger partial charge in [0.2, 0.25) is 0 Å². The van der Waals surface area contributed by atoms with Crippen LogP contribution in [-0.2, 0) is 50.6 Å².